The van der Waals surface area contributed by atoms with Crippen molar-refractivity contribution < 1.29 is 13.7 Å². The van der Waals surface area contributed by atoms with E-state index in [1.165, 1.54) is 12.6 Å². The van der Waals surface area contributed by atoms with Crippen LogP contribution in [0.15, 0.2) is 45.8 Å². The summed E-state index contributed by atoms with van der Waals surface area (Å²) in [4.78, 5) is 8.05. The normalized spacial score (nSPS) is 10.6. The Morgan fingerprint density at radius 2 is 2.05 bits per heavy atom. The molecule has 0 unspecified atom stereocenters. The van der Waals surface area contributed by atoms with E-state index in [0.29, 0.717) is 23.9 Å². The van der Waals surface area contributed by atoms with Gasteiger partial charge in [0.25, 0.3) is 5.89 Å². The van der Waals surface area contributed by atoms with E-state index in [-0.39, 0.29) is 0 Å². The predicted octanol–water partition coefficient (Wildman–Crippen LogP) is 2.32. The van der Waals surface area contributed by atoms with Gasteiger partial charge in [-0.25, -0.2) is 4.98 Å². The van der Waals surface area contributed by atoms with E-state index in [2.05, 4.69) is 15.1 Å². The van der Waals surface area contributed by atoms with Gasteiger partial charge in [0.15, 0.2) is 12.2 Å². The van der Waals surface area contributed by atoms with Crippen molar-refractivity contribution in [1.29, 1.82) is 0 Å². The van der Waals surface area contributed by atoms with Crippen molar-refractivity contribution in [2.45, 2.75) is 6.42 Å². The fraction of sp³-hybridized carbons (Fsp3) is 0.154. The topological polar surface area (TPSA) is 74.2 Å². The number of hydrogen-bond donors (Lipinski definition) is 0. The molecule has 3 rings (SSSR count). The molecule has 2 aromatic heterocycles. The summed E-state index contributed by atoms with van der Waals surface area (Å²) < 4.78 is 15.3. The van der Waals surface area contributed by atoms with Gasteiger partial charge in [-0.05, 0) is 17.7 Å². The van der Waals surface area contributed by atoms with Gasteiger partial charge >= 0.3 is 0 Å². The quantitative estimate of drug-likeness (QED) is 0.714. The molecule has 0 bridgehead atoms. The molecule has 1 aromatic carbocycles. The molecule has 6 heteroatoms. The van der Waals surface area contributed by atoms with Crippen LogP contribution in [0.5, 0.6) is 5.75 Å². The number of oxazole rings is 1. The van der Waals surface area contributed by atoms with Crippen LogP contribution in [0.2, 0.25) is 0 Å². The van der Waals surface area contributed by atoms with Crippen molar-refractivity contribution in [3.63, 3.8) is 0 Å². The fourth-order valence-electron chi connectivity index (χ4n) is 1.67. The monoisotopic (exact) mass is 257 g/mol. The minimum atomic E-state index is 0.334. The van der Waals surface area contributed by atoms with Gasteiger partial charge in [-0.1, -0.05) is 17.3 Å². The molecule has 0 aliphatic heterocycles. The Balaban J connectivity index is 1.76. The molecule has 2 heterocycles. The molecule has 96 valence electrons. The zero-order chi connectivity index (χ0) is 13.1. The number of methoxy groups -OCH3 is 1. The number of ether oxygens (including phenoxy) is 1. The second-order valence-corrected chi connectivity index (χ2v) is 3.91. The molecule has 0 atom stereocenters. The second-order valence-electron chi connectivity index (χ2n) is 3.91. The molecule has 0 aliphatic rings. The standard InChI is InChI=1S/C13H11N3O3/c1-17-10-4-2-9(3-5-10)6-12-15-13(19-16-12)11-7-14-8-18-11/h2-5,7-8H,6H2,1H3. The molecule has 0 amide bonds. The lowest BCUT2D eigenvalue weighted by atomic mass is 10.1. The first kappa shape index (κ1) is 11.5. The summed E-state index contributed by atoms with van der Waals surface area (Å²) >= 11 is 0. The van der Waals surface area contributed by atoms with Crippen LogP contribution < -0.4 is 4.74 Å². The zero-order valence-corrected chi connectivity index (χ0v) is 10.2. The minimum Gasteiger partial charge on any atom is -0.497 e. The number of nitrogens with zero attached hydrogens (tertiary/aromatic N) is 3. The molecular weight excluding hydrogens is 246 g/mol. The number of rotatable bonds is 4. The third kappa shape index (κ3) is 2.47. The summed E-state index contributed by atoms with van der Waals surface area (Å²) in [6, 6.07) is 7.71. The highest BCUT2D eigenvalue weighted by Gasteiger charge is 2.11. The molecule has 0 spiro atoms. The Labute approximate surface area is 109 Å². The van der Waals surface area contributed by atoms with Crippen molar-refractivity contribution in [3.05, 3.63) is 48.2 Å². The van der Waals surface area contributed by atoms with Crippen molar-refractivity contribution >= 4 is 0 Å². The van der Waals surface area contributed by atoms with Crippen LogP contribution in [0.25, 0.3) is 11.7 Å². The predicted molar refractivity (Wildman–Crippen MR) is 65.6 cm³/mol. The zero-order valence-electron chi connectivity index (χ0n) is 10.2. The molecule has 0 aliphatic carbocycles. The first-order valence-electron chi connectivity index (χ1n) is 5.69. The van der Waals surface area contributed by atoms with Gasteiger partial charge in [0, 0.05) is 6.42 Å². The lowest BCUT2D eigenvalue weighted by molar-refractivity contribution is 0.409. The van der Waals surface area contributed by atoms with Crippen molar-refractivity contribution in [3.8, 4) is 17.4 Å². The van der Waals surface area contributed by atoms with E-state index in [1.807, 2.05) is 24.3 Å². The highest BCUT2D eigenvalue weighted by Crippen LogP contribution is 2.18. The lowest BCUT2D eigenvalue weighted by Gasteiger charge is -2.00. The first-order chi connectivity index (χ1) is 9.35. The van der Waals surface area contributed by atoms with Gasteiger partial charge in [-0.2, -0.15) is 4.98 Å². The maximum absolute atomic E-state index is 5.11. The van der Waals surface area contributed by atoms with Crippen LogP contribution >= 0.6 is 0 Å². The van der Waals surface area contributed by atoms with Gasteiger partial charge in [0.05, 0.1) is 13.3 Å². The third-order valence-corrected chi connectivity index (χ3v) is 2.63. The van der Waals surface area contributed by atoms with Crippen LogP contribution in [0, 0.1) is 0 Å². The van der Waals surface area contributed by atoms with Crippen molar-refractivity contribution in [1.82, 2.24) is 15.1 Å². The summed E-state index contributed by atoms with van der Waals surface area (Å²) in [5, 5.41) is 3.90. The SMILES string of the molecule is COc1ccc(Cc2noc(-c3cnco3)n2)cc1. The Morgan fingerprint density at radius 1 is 1.21 bits per heavy atom. The molecular formula is C13H11N3O3. The molecule has 0 saturated carbocycles. The smallest absolute Gasteiger partial charge is 0.295 e. The molecule has 19 heavy (non-hydrogen) atoms. The molecule has 6 nitrogen and oxygen atoms in total. The van der Waals surface area contributed by atoms with Gasteiger partial charge in [-0.15, -0.1) is 0 Å². The van der Waals surface area contributed by atoms with Crippen LogP contribution in [0.4, 0.5) is 0 Å². The lowest BCUT2D eigenvalue weighted by Crippen LogP contribution is -1.91. The van der Waals surface area contributed by atoms with E-state index in [1.54, 1.807) is 7.11 Å². The van der Waals surface area contributed by atoms with Crippen LogP contribution in [0.1, 0.15) is 11.4 Å². The Bertz CT molecular complexity index is 644. The van der Waals surface area contributed by atoms with Gasteiger partial charge in [0.2, 0.25) is 5.76 Å². The number of aromatic nitrogens is 3. The summed E-state index contributed by atoms with van der Waals surface area (Å²) in [5.41, 5.74) is 1.07. The van der Waals surface area contributed by atoms with Crippen molar-refractivity contribution in [2.24, 2.45) is 0 Å². The van der Waals surface area contributed by atoms with Gasteiger partial charge in [0.1, 0.15) is 5.75 Å². The summed E-state index contributed by atoms with van der Waals surface area (Å²) in [7, 11) is 1.64. The van der Waals surface area contributed by atoms with E-state index in [0.717, 1.165) is 11.3 Å². The van der Waals surface area contributed by atoms with Crippen LogP contribution in [-0.2, 0) is 6.42 Å². The van der Waals surface area contributed by atoms with E-state index in [9.17, 15) is 0 Å². The highest BCUT2D eigenvalue weighted by molar-refractivity contribution is 5.41. The van der Waals surface area contributed by atoms with Crippen molar-refractivity contribution in [2.75, 3.05) is 7.11 Å². The summed E-state index contributed by atoms with van der Waals surface area (Å²) in [6.45, 7) is 0. The molecule has 3 aromatic rings. The Morgan fingerprint density at radius 3 is 2.74 bits per heavy atom. The first-order valence-corrected chi connectivity index (χ1v) is 5.69. The fourth-order valence-corrected chi connectivity index (χ4v) is 1.67. The second kappa shape index (κ2) is 4.93. The average molecular weight is 257 g/mol. The molecule has 0 radical (unpaired) electrons. The highest BCUT2D eigenvalue weighted by atomic mass is 16.5. The minimum absolute atomic E-state index is 0.334. The average Bonchev–Trinajstić information content (AvgIpc) is 3.10. The Kier molecular flexibility index (Phi) is 2.97. The van der Waals surface area contributed by atoms with E-state index >= 15 is 0 Å². The number of hydrogen-bond acceptors (Lipinski definition) is 6. The maximum atomic E-state index is 5.11. The summed E-state index contributed by atoms with van der Waals surface area (Å²) in [6.07, 6.45) is 3.44. The van der Waals surface area contributed by atoms with Gasteiger partial charge < -0.3 is 13.7 Å². The molecule has 0 saturated heterocycles. The van der Waals surface area contributed by atoms with Crippen LogP contribution in [0.3, 0.4) is 0 Å². The molecule has 0 N–H and O–H groups in total. The number of benzene rings is 1. The van der Waals surface area contributed by atoms with Gasteiger partial charge in [-0.3, -0.25) is 0 Å². The van der Waals surface area contributed by atoms with E-state index in [4.69, 9.17) is 13.7 Å². The maximum Gasteiger partial charge on any atom is 0.295 e. The summed E-state index contributed by atoms with van der Waals surface area (Å²) in [5.74, 6) is 2.21. The molecule has 0 fully saturated rings. The van der Waals surface area contributed by atoms with E-state index < -0.39 is 0 Å². The van der Waals surface area contributed by atoms with Crippen LogP contribution in [-0.4, -0.2) is 22.2 Å². The largest absolute Gasteiger partial charge is 0.497 e. The third-order valence-electron chi connectivity index (χ3n) is 2.63. The Hall–Kier alpha value is -2.63.